The second-order valence-electron chi connectivity index (χ2n) is 3.75. The second-order valence-corrected chi connectivity index (χ2v) is 3.75. The Hall–Kier alpha value is -1.62. The lowest BCUT2D eigenvalue weighted by atomic mass is 10.4. The summed E-state index contributed by atoms with van der Waals surface area (Å²) in [4.78, 5) is 8.61. The molecule has 0 spiro atoms. The van der Waals surface area contributed by atoms with Gasteiger partial charge in [-0.2, -0.15) is 4.98 Å². The lowest BCUT2D eigenvalue weighted by Gasteiger charge is -2.09. The van der Waals surface area contributed by atoms with Gasteiger partial charge in [-0.1, -0.05) is 19.1 Å². The molecule has 1 N–H and O–H groups in total. The van der Waals surface area contributed by atoms with Gasteiger partial charge in [-0.3, -0.25) is 0 Å². The molecule has 1 aromatic rings. The lowest BCUT2D eigenvalue weighted by molar-refractivity contribution is 0.176. The average molecular weight is 251 g/mol. The maximum absolute atomic E-state index is 5.52. The standard InChI is InChI=1S/C13H21N3O2/c1-4-6-8-18-13-9-11(14-7-5-2)15-12(16-13)10-17-3/h4,6,9H,5,7-8,10H2,1-3H3,(H,14,15,16)/b6-4+. The first-order valence-electron chi connectivity index (χ1n) is 6.14. The highest BCUT2D eigenvalue weighted by Gasteiger charge is 2.04. The van der Waals surface area contributed by atoms with Crippen molar-refractivity contribution in [3.63, 3.8) is 0 Å². The monoisotopic (exact) mass is 251 g/mol. The number of ether oxygens (including phenoxy) is 2. The number of allylic oxidation sites excluding steroid dienone is 1. The van der Waals surface area contributed by atoms with Crippen molar-refractivity contribution in [3.8, 4) is 5.88 Å². The topological polar surface area (TPSA) is 56.3 Å². The van der Waals surface area contributed by atoms with Crippen LogP contribution in [-0.4, -0.2) is 30.2 Å². The van der Waals surface area contributed by atoms with E-state index < -0.39 is 0 Å². The molecule has 5 nitrogen and oxygen atoms in total. The Morgan fingerprint density at radius 1 is 1.39 bits per heavy atom. The summed E-state index contributed by atoms with van der Waals surface area (Å²) in [5, 5.41) is 3.22. The predicted octanol–water partition coefficient (Wildman–Crippen LogP) is 2.40. The van der Waals surface area contributed by atoms with Crippen molar-refractivity contribution in [1.29, 1.82) is 0 Å². The quantitative estimate of drug-likeness (QED) is 0.719. The molecule has 0 fully saturated rings. The van der Waals surface area contributed by atoms with E-state index in [-0.39, 0.29) is 0 Å². The molecule has 0 atom stereocenters. The van der Waals surface area contributed by atoms with Crippen molar-refractivity contribution in [1.82, 2.24) is 9.97 Å². The fraction of sp³-hybridized carbons (Fsp3) is 0.538. The number of hydrogen-bond acceptors (Lipinski definition) is 5. The summed E-state index contributed by atoms with van der Waals surface area (Å²) in [6.07, 6.45) is 4.91. The fourth-order valence-corrected chi connectivity index (χ4v) is 1.31. The first-order chi connectivity index (χ1) is 8.80. The number of hydrogen-bond donors (Lipinski definition) is 1. The molecular formula is C13H21N3O2. The zero-order valence-electron chi connectivity index (χ0n) is 11.3. The van der Waals surface area contributed by atoms with E-state index in [1.807, 2.05) is 19.1 Å². The third kappa shape index (κ3) is 5.14. The summed E-state index contributed by atoms with van der Waals surface area (Å²) in [6, 6.07) is 1.80. The average Bonchev–Trinajstić information content (AvgIpc) is 2.37. The number of nitrogens with zero attached hydrogens (tertiary/aromatic N) is 2. The molecule has 0 amide bonds. The molecule has 0 aliphatic rings. The molecule has 100 valence electrons. The third-order valence-electron chi connectivity index (χ3n) is 2.14. The van der Waals surface area contributed by atoms with Crippen LogP contribution in [0.1, 0.15) is 26.1 Å². The first-order valence-corrected chi connectivity index (χ1v) is 6.14. The van der Waals surface area contributed by atoms with E-state index >= 15 is 0 Å². The molecule has 1 aromatic heterocycles. The van der Waals surface area contributed by atoms with Gasteiger partial charge < -0.3 is 14.8 Å². The first kappa shape index (κ1) is 14.4. The molecule has 0 aromatic carbocycles. The molecule has 0 saturated heterocycles. The molecule has 5 heteroatoms. The van der Waals surface area contributed by atoms with Crippen LogP contribution in [0, 0.1) is 0 Å². The highest BCUT2D eigenvalue weighted by Crippen LogP contribution is 2.14. The van der Waals surface area contributed by atoms with Crippen LogP contribution in [-0.2, 0) is 11.3 Å². The van der Waals surface area contributed by atoms with Gasteiger partial charge in [0.15, 0.2) is 5.82 Å². The van der Waals surface area contributed by atoms with Gasteiger partial charge in [-0.25, -0.2) is 4.98 Å². The number of anilines is 1. The molecule has 0 aliphatic carbocycles. The van der Waals surface area contributed by atoms with E-state index in [1.54, 1.807) is 13.2 Å². The van der Waals surface area contributed by atoms with E-state index in [0.717, 1.165) is 18.8 Å². The van der Waals surface area contributed by atoms with E-state index in [2.05, 4.69) is 22.2 Å². The Bertz CT molecular complexity index is 380. The predicted molar refractivity (Wildman–Crippen MR) is 71.8 cm³/mol. The van der Waals surface area contributed by atoms with Crippen molar-refractivity contribution < 1.29 is 9.47 Å². The van der Waals surface area contributed by atoms with Gasteiger partial charge in [0.2, 0.25) is 5.88 Å². The van der Waals surface area contributed by atoms with E-state index in [4.69, 9.17) is 9.47 Å². The van der Waals surface area contributed by atoms with E-state index in [1.165, 1.54) is 0 Å². The van der Waals surface area contributed by atoms with Crippen molar-refractivity contribution in [3.05, 3.63) is 24.0 Å². The summed E-state index contributed by atoms with van der Waals surface area (Å²) in [6.45, 7) is 5.81. The van der Waals surface area contributed by atoms with Gasteiger partial charge >= 0.3 is 0 Å². The van der Waals surface area contributed by atoms with Crippen LogP contribution in [0.25, 0.3) is 0 Å². The van der Waals surface area contributed by atoms with Crippen LogP contribution in [0.5, 0.6) is 5.88 Å². The minimum absolute atomic E-state index is 0.377. The third-order valence-corrected chi connectivity index (χ3v) is 2.14. The lowest BCUT2D eigenvalue weighted by Crippen LogP contribution is -2.07. The van der Waals surface area contributed by atoms with E-state index in [9.17, 15) is 0 Å². The molecule has 1 heterocycles. The van der Waals surface area contributed by atoms with Crippen LogP contribution >= 0.6 is 0 Å². The maximum Gasteiger partial charge on any atom is 0.219 e. The molecule has 0 saturated carbocycles. The Labute approximate surface area is 108 Å². The maximum atomic E-state index is 5.52. The molecule has 0 radical (unpaired) electrons. The highest BCUT2D eigenvalue weighted by molar-refractivity contribution is 5.38. The van der Waals surface area contributed by atoms with Gasteiger partial charge in [0.05, 0.1) is 0 Å². The van der Waals surface area contributed by atoms with Crippen molar-refractivity contribution in [2.45, 2.75) is 26.9 Å². The molecule has 1 rings (SSSR count). The summed E-state index contributed by atoms with van der Waals surface area (Å²) in [5.74, 6) is 1.96. The van der Waals surface area contributed by atoms with Gasteiger partial charge in [0.1, 0.15) is 19.0 Å². The van der Waals surface area contributed by atoms with Crippen LogP contribution in [0.3, 0.4) is 0 Å². The zero-order valence-corrected chi connectivity index (χ0v) is 11.3. The van der Waals surface area contributed by atoms with Gasteiger partial charge in [0.25, 0.3) is 0 Å². The van der Waals surface area contributed by atoms with E-state index in [0.29, 0.717) is 24.9 Å². The summed E-state index contributed by atoms with van der Waals surface area (Å²) >= 11 is 0. The Morgan fingerprint density at radius 3 is 2.89 bits per heavy atom. The molecule has 0 unspecified atom stereocenters. The SMILES string of the molecule is C/C=C/COc1cc(NCCC)nc(COC)n1. The molecule has 0 aliphatic heterocycles. The number of aromatic nitrogens is 2. The second kappa shape index (κ2) is 8.47. The van der Waals surface area contributed by atoms with Crippen molar-refractivity contribution in [2.24, 2.45) is 0 Å². The molecule has 18 heavy (non-hydrogen) atoms. The minimum atomic E-state index is 0.377. The van der Waals surface area contributed by atoms with Crippen molar-refractivity contribution in [2.75, 3.05) is 25.6 Å². The smallest absolute Gasteiger partial charge is 0.219 e. The number of nitrogens with one attached hydrogen (secondary N) is 1. The van der Waals surface area contributed by atoms with Crippen LogP contribution in [0.15, 0.2) is 18.2 Å². The fourth-order valence-electron chi connectivity index (χ4n) is 1.31. The van der Waals surface area contributed by atoms with Gasteiger partial charge in [-0.05, 0) is 13.3 Å². The largest absolute Gasteiger partial charge is 0.473 e. The molecular weight excluding hydrogens is 230 g/mol. The number of rotatable bonds is 8. The van der Waals surface area contributed by atoms with Crippen molar-refractivity contribution >= 4 is 5.82 Å². The van der Waals surface area contributed by atoms with Gasteiger partial charge in [0, 0.05) is 19.7 Å². The Kier molecular flexibility index (Phi) is 6.79. The summed E-state index contributed by atoms with van der Waals surface area (Å²) in [7, 11) is 1.62. The van der Waals surface area contributed by atoms with Gasteiger partial charge in [-0.15, -0.1) is 0 Å². The molecule has 0 bridgehead atoms. The zero-order chi connectivity index (χ0) is 13.2. The van der Waals surface area contributed by atoms with Crippen LogP contribution in [0.2, 0.25) is 0 Å². The van der Waals surface area contributed by atoms with Crippen LogP contribution in [0.4, 0.5) is 5.82 Å². The summed E-state index contributed by atoms with van der Waals surface area (Å²) in [5.41, 5.74) is 0. The normalized spacial score (nSPS) is 10.8. The Balaban J connectivity index is 2.76. The number of methoxy groups -OCH3 is 1. The minimum Gasteiger partial charge on any atom is -0.473 e. The summed E-state index contributed by atoms with van der Waals surface area (Å²) < 4.78 is 10.6. The Morgan fingerprint density at radius 2 is 2.22 bits per heavy atom. The van der Waals surface area contributed by atoms with Crippen LogP contribution < -0.4 is 10.1 Å². The highest BCUT2D eigenvalue weighted by atomic mass is 16.5.